The number of aromatic carboxylic acids is 2. The average Bonchev–Trinajstić information content (AvgIpc) is 2.38. The highest BCUT2D eigenvalue weighted by Gasteiger charge is 2.15. The Morgan fingerprint density at radius 3 is 1.95 bits per heavy atom. The molecule has 0 aliphatic rings. The molecule has 0 aromatic heterocycles. The summed E-state index contributed by atoms with van der Waals surface area (Å²) in [5.74, 6) is -2.49. The molecule has 0 heterocycles. The van der Waals surface area contributed by atoms with Gasteiger partial charge in [0.1, 0.15) is 0 Å². The Morgan fingerprint density at radius 2 is 1.53 bits per heavy atom. The molecule has 0 radical (unpaired) electrons. The molecule has 0 amide bonds. The van der Waals surface area contributed by atoms with E-state index in [1.807, 2.05) is 0 Å². The molecule has 1 atom stereocenters. The fourth-order valence-corrected chi connectivity index (χ4v) is 1.71. The molecule has 1 unspecified atom stereocenters. The molecule has 1 rings (SSSR count). The van der Waals surface area contributed by atoms with Gasteiger partial charge >= 0.3 is 11.9 Å². The van der Waals surface area contributed by atoms with Crippen LogP contribution in [0.15, 0.2) is 18.2 Å². The van der Waals surface area contributed by atoms with Crippen LogP contribution >= 0.6 is 0 Å². The summed E-state index contributed by atoms with van der Waals surface area (Å²) in [5, 5.41) is 36.3. The Labute approximate surface area is 109 Å². The molecule has 19 heavy (non-hydrogen) atoms. The van der Waals surface area contributed by atoms with Crippen LogP contribution in [-0.4, -0.2) is 39.0 Å². The van der Waals surface area contributed by atoms with E-state index in [4.69, 9.17) is 15.3 Å². The summed E-state index contributed by atoms with van der Waals surface area (Å²) in [4.78, 5) is 21.8. The first kappa shape index (κ1) is 15.1. The van der Waals surface area contributed by atoms with Gasteiger partial charge in [-0.1, -0.05) is 0 Å². The van der Waals surface area contributed by atoms with Crippen LogP contribution in [0.25, 0.3) is 0 Å². The summed E-state index contributed by atoms with van der Waals surface area (Å²) >= 11 is 0. The molecular weight excluding hydrogens is 252 g/mol. The van der Waals surface area contributed by atoms with Gasteiger partial charge in [-0.3, -0.25) is 0 Å². The lowest BCUT2D eigenvalue weighted by Gasteiger charge is -2.12. The van der Waals surface area contributed by atoms with Gasteiger partial charge in [0.05, 0.1) is 17.2 Å². The van der Waals surface area contributed by atoms with Crippen molar-refractivity contribution in [1.82, 2.24) is 0 Å². The molecule has 1 aromatic carbocycles. The Balaban J connectivity index is 2.98. The van der Waals surface area contributed by atoms with E-state index in [-0.39, 0.29) is 23.3 Å². The molecular formula is C13H16O6. The highest BCUT2D eigenvalue weighted by Crippen LogP contribution is 2.22. The molecule has 6 heteroatoms. The predicted octanol–water partition coefficient (Wildman–Crippen LogP) is 1.28. The number of aliphatic hydroxyl groups excluding tert-OH is 2. The van der Waals surface area contributed by atoms with Gasteiger partial charge in [-0.25, -0.2) is 9.59 Å². The molecule has 0 aliphatic heterocycles. The fraction of sp³-hybridized carbons (Fsp3) is 0.385. The molecule has 0 aliphatic carbocycles. The highest BCUT2D eigenvalue weighted by molar-refractivity contribution is 5.94. The lowest BCUT2D eigenvalue weighted by atomic mass is 9.98. The van der Waals surface area contributed by atoms with Crippen molar-refractivity contribution < 1.29 is 30.0 Å². The minimum Gasteiger partial charge on any atom is -0.478 e. The van der Waals surface area contributed by atoms with Crippen molar-refractivity contribution in [3.05, 3.63) is 34.9 Å². The predicted molar refractivity (Wildman–Crippen MR) is 66.3 cm³/mol. The van der Waals surface area contributed by atoms with Gasteiger partial charge in [0.15, 0.2) is 0 Å². The zero-order chi connectivity index (χ0) is 14.4. The zero-order valence-corrected chi connectivity index (χ0v) is 10.2. The first-order chi connectivity index (χ1) is 8.95. The van der Waals surface area contributed by atoms with E-state index >= 15 is 0 Å². The number of carboxylic acid groups (broad SMARTS) is 2. The van der Waals surface area contributed by atoms with Crippen LogP contribution in [-0.2, 0) is 0 Å². The van der Waals surface area contributed by atoms with Crippen molar-refractivity contribution in [3.8, 4) is 0 Å². The van der Waals surface area contributed by atoms with Crippen molar-refractivity contribution in [3.63, 3.8) is 0 Å². The Hall–Kier alpha value is -1.92. The fourth-order valence-electron chi connectivity index (χ4n) is 1.71. The van der Waals surface area contributed by atoms with Gasteiger partial charge in [-0.05, 0) is 43.0 Å². The minimum atomic E-state index is -1.24. The van der Waals surface area contributed by atoms with E-state index in [0.717, 1.165) is 6.07 Å². The number of hydrogen-bond donors (Lipinski definition) is 4. The molecule has 4 N–H and O–H groups in total. The third-order valence-electron chi connectivity index (χ3n) is 2.72. The second kappa shape index (κ2) is 6.86. The van der Waals surface area contributed by atoms with Crippen LogP contribution in [0, 0.1) is 0 Å². The summed E-state index contributed by atoms with van der Waals surface area (Å²) in [6.07, 6.45) is 0.491. The molecule has 6 nitrogen and oxygen atoms in total. The quantitative estimate of drug-likeness (QED) is 0.554. The average molecular weight is 268 g/mol. The Bertz CT molecular complexity index is 436. The maximum Gasteiger partial charge on any atom is 0.335 e. The van der Waals surface area contributed by atoms with E-state index < -0.39 is 18.0 Å². The van der Waals surface area contributed by atoms with E-state index in [1.54, 1.807) is 0 Å². The summed E-state index contributed by atoms with van der Waals surface area (Å²) < 4.78 is 0. The monoisotopic (exact) mass is 268 g/mol. The number of carboxylic acids is 2. The first-order valence-corrected chi connectivity index (χ1v) is 5.86. The molecule has 0 saturated heterocycles. The Morgan fingerprint density at radius 1 is 1.00 bits per heavy atom. The van der Waals surface area contributed by atoms with Gasteiger partial charge in [0.2, 0.25) is 0 Å². The van der Waals surface area contributed by atoms with E-state index in [0.29, 0.717) is 19.3 Å². The molecule has 0 bridgehead atoms. The SMILES string of the molecule is O=C(O)c1cc(C(=O)O)cc(C(O)CCCCO)c1. The third-order valence-corrected chi connectivity index (χ3v) is 2.72. The van der Waals surface area contributed by atoms with Crippen molar-refractivity contribution in [2.45, 2.75) is 25.4 Å². The number of hydrogen-bond acceptors (Lipinski definition) is 4. The summed E-state index contributed by atoms with van der Waals surface area (Å²) in [5.41, 5.74) is -0.0811. The molecule has 0 spiro atoms. The second-order valence-electron chi connectivity index (χ2n) is 4.19. The van der Waals surface area contributed by atoms with Gasteiger partial charge < -0.3 is 20.4 Å². The van der Waals surface area contributed by atoms with Crippen LogP contribution in [0.3, 0.4) is 0 Å². The van der Waals surface area contributed by atoms with Crippen molar-refractivity contribution in [2.75, 3.05) is 6.61 Å². The minimum absolute atomic E-state index is 0.0161. The smallest absolute Gasteiger partial charge is 0.335 e. The standard InChI is InChI=1S/C13H16O6/c14-4-2-1-3-11(15)8-5-9(12(16)17)7-10(6-8)13(18)19/h5-7,11,14-15H,1-4H2,(H,16,17)(H,18,19). The molecule has 104 valence electrons. The van der Waals surface area contributed by atoms with Crippen molar-refractivity contribution in [1.29, 1.82) is 0 Å². The lowest BCUT2D eigenvalue weighted by molar-refractivity contribution is 0.0696. The second-order valence-corrected chi connectivity index (χ2v) is 4.19. The topological polar surface area (TPSA) is 115 Å². The number of unbranched alkanes of at least 4 members (excludes halogenated alkanes) is 1. The number of rotatable bonds is 7. The summed E-state index contributed by atoms with van der Waals surface area (Å²) in [6, 6.07) is 3.57. The normalized spacial score (nSPS) is 12.1. The van der Waals surface area contributed by atoms with Gasteiger partial charge in [-0.15, -0.1) is 0 Å². The van der Waals surface area contributed by atoms with E-state index in [1.165, 1.54) is 12.1 Å². The maximum atomic E-state index is 10.9. The molecule has 1 aromatic rings. The maximum absolute atomic E-state index is 10.9. The third kappa shape index (κ3) is 4.35. The van der Waals surface area contributed by atoms with Gasteiger partial charge in [0, 0.05) is 6.61 Å². The first-order valence-electron chi connectivity index (χ1n) is 5.86. The van der Waals surface area contributed by atoms with Crippen LogP contribution in [0.1, 0.15) is 51.6 Å². The lowest BCUT2D eigenvalue weighted by Crippen LogP contribution is -2.07. The number of aliphatic hydroxyl groups is 2. The number of benzene rings is 1. The van der Waals surface area contributed by atoms with E-state index in [9.17, 15) is 14.7 Å². The van der Waals surface area contributed by atoms with Crippen LogP contribution in [0.2, 0.25) is 0 Å². The van der Waals surface area contributed by atoms with Gasteiger partial charge in [-0.2, -0.15) is 0 Å². The summed E-state index contributed by atoms with van der Waals surface area (Å²) in [6.45, 7) is 0.0161. The van der Waals surface area contributed by atoms with Crippen molar-refractivity contribution >= 4 is 11.9 Å². The highest BCUT2D eigenvalue weighted by atomic mass is 16.4. The van der Waals surface area contributed by atoms with Crippen LogP contribution in [0.4, 0.5) is 0 Å². The largest absolute Gasteiger partial charge is 0.478 e. The van der Waals surface area contributed by atoms with Crippen LogP contribution in [0.5, 0.6) is 0 Å². The zero-order valence-electron chi connectivity index (χ0n) is 10.2. The van der Waals surface area contributed by atoms with Crippen molar-refractivity contribution in [2.24, 2.45) is 0 Å². The molecule has 0 saturated carbocycles. The molecule has 0 fully saturated rings. The Kier molecular flexibility index (Phi) is 5.47. The summed E-state index contributed by atoms with van der Waals surface area (Å²) in [7, 11) is 0. The van der Waals surface area contributed by atoms with E-state index in [2.05, 4.69) is 0 Å². The number of carbonyl (C=O) groups is 2. The van der Waals surface area contributed by atoms with Gasteiger partial charge in [0.25, 0.3) is 0 Å². The van der Waals surface area contributed by atoms with Crippen LogP contribution < -0.4 is 0 Å².